The van der Waals surface area contributed by atoms with Crippen LogP contribution in [-0.4, -0.2) is 87.7 Å². The Kier molecular flexibility index (Phi) is 19.4. The van der Waals surface area contributed by atoms with Crippen molar-refractivity contribution in [3.63, 3.8) is 0 Å². The Morgan fingerprint density at radius 2 is 1.27 bits per heavy atom. The number of aliphatic hydroxyl groups excluding tert-OH is 2. The van der Waals surface area contributed by atoms with Crippen molar-refractivity contribution >= 4 is 45.4 Å². The Morgan fingerprint density at radius 3 is 1.68 bits per heavy atom. The topological polar surface area (TPSA) is 195 Å². The summed E-state index contributed by atoms with van der Waals surface area (Å²) >= 11 is 1.45. The summed E-state index contributed by atoms with van der Waals surface area (Å²) in [7, 11) is -3.74. The maximum absolute atomic E-state index is 12.1. The van der Waals surface area contributed by atoms with E-state index in [9.17, 15) is 37.8 Å². The van der Waals surface area contributed by atoms with E-state index in [0.717, 1.165) is 5.57 Å². The predicted octanol–water partition coefficient (Wildman–Crippen LogP) is -8.84. The second-order valence-corrected chi connectivity index (χ2v) is 11.9. The molecule has 12 nitrogen and oxygen atoms in total. The summed E-state index contributed by atoms with van der Waals surface area (Å²) in [6.45, 7) is 5.72. The van der Waals surface area contributed by atoms with Crippen molar-refractivity contribution in [3.05, 3.63) is 44.8 Å². The van der Waals surface area contributed by atoms with Crippen molar-refractivity contribution in [2.45, 2.75) is 38.4 Å². The number of carboxylic acids is 2. The minimum absolute atomic E-state index is 0. The number of rotatable bonds is 4. The van der Waals surface area contributed by atoms with Crippen molar-refractivity contribution in [1.29, 1.82) is 0 Å². The molecule has 4 aliphatic rings. The quantitative estimate of drug-likeness (QED) is 0.154. The van der Waals surface area contributed by atoms with Gasteiger partial charge in [0.1, 0.15) is 5.37 Å². The molecule has 2 amide bonds. The number of carbonyl (C=O) groups excluding carboxylic acids is 4. The largest absolute Gasteiger partial charge is 1.00 e. The molecule has 0 aliphatic carbocycles. The number of β-lactam (4-membered cyclic amide) rings is 2. The Hall–Kier alpha value is 1.94. The zero-order valence-electron chi connectivity index (χ0n) is 23.0. The molecule has 2 atom stereocenters. The first-order valence-electron chi connectivity index (χ1n) is 10.6. The first-order chi connectivity index (χ1) is 16.7. The van der Waals surface area contributed by atoms with E-state index < -0.39 is 51.1 Å². The fraction of sp³-hybridized carbons (Fsp3) is 0.455. The van der Waals surface area contributed by atoms with E-state index in [-0.39, 0.29) is 182 Å². The molecule has 202 valence electrons. The molecule has 40 heavy (non-hydrogen) atoms. The number of thioether (sulfide) groups is 1. The number of allylic oxidation sites excluding steroid dienone is 2. The Morgan fingerprint density at radius 1 is 0.850 bits per heavy atom. The summed E-state index contributed by atoms with van der Waals surface area (Å²) in [5.41, 5.74) is 1.60. The van der Waals surface area contributed by atoms with Gasteiger partial charge in [-0.3, -0.25) is 19.4 Å². The number of hydrogen-bond donors (Lipinski definition) is 2. The van der Waals surface area contributed by atoms with E-state index >= 15 is 0 Å². The number of hydrogen-bond acceptors (Lipinski definition) is 11. The summed E-state index contributed by atoms with van der Waals surface area (Å²) in [5, 5.41) is 38.7. The SMILES string of the molecule is CC(C)=C1C(=O)N2C(C(=O)[O-])=C(CO)CS(=O)(=O)C12.CC(C)=C1C(=O)N2C(C(=O)[O-])=C(CO)CSC12.[Ac].[Ac].[Na+].[Na+]. The summed E-state index contributed by atoms with van der Waals surface area (Å²) in [6.07, 6.45) is 0. The predicted molar refractivity (Wildman–Crippen MR) is 122 cm³/mol. The van der Waals surface area contributed by atoms with Crippen LogP contribution in [0.4, 0.5) is 0 Å². The van der Waals surface area contributed by atoms with Crippen LogP contribution in [0, 0.1) is 88.1 Å². The summed E-state index contributed by atoms with van der Waals surface area (Å²) in [5.74, 6) is -4.21. The number of sulfone groups is 1. The molecule has 0 aromatic heterocycles. The van der Waals surface area contributed by atoms with Gasteiger partial charge in [-0.2, -0.15) is 0 Å². The van der Waals surface area contributed by atoms with Gasteiger partial charge in [0.15, 0.2) is 15.2 Å². The zero-order valence-corrected chi connectivity index (χ0v) is 38.1. The van der Waals surface area contributed by atoms with Crippen molar-refractivity contribution < 1.29 is 195 Å². The van der Waals surface area contributed by atoms with E-state index in [1.165, 1.54) is 16.7 Å². The van der Waals surface area contributed by atoms with E-state index in [1.54, 1.807) is 13.8 Å². The van der Waals surface area contributed by atoms with Gasteiger partial charge in [0.05, 0.1) is 47.9 Å². The average Bonchev–Trinajstić information content (AvgIpc) is 2.77. The molecule has 18 heteroatoms. The van der Waals surface area contributed by atoms with Gasteiger partial charge in [-0.1, -0.05) is 11.1 Å². The number of carbonyl (C=O) groups is 4. The molecule has 4 heterocycles. The molecule has 2 radical (unpaired) electrons. The number of aliphatic carboxylic acids is 2. The van der Waals surface area contributed by atoms with Crippen LogP contribution < -0.4 is 69.3 Å². The second kappa shape index (κ2) is 17.6. The minimum atomic E-state index is -3.74. The van der Waals surface area contributed by atoms with Crippen LogP contribution in [0.1, 0.15) is 27.7 Å². The first kappa shape index (κ1) is 44.1. The zero-order chi connectivity index (χ0) is 27.3. The van der Waals surface area contributed by atoms with Crippen molar-refractivity contribution in [1.82, 2.24) is 9.80 Å². The smallest absolute Gasteiger partial charge is 0.543 e. The molecule has 0 aromatic rings. The van der Waals surface area contributed by atoms with Crippen molar-refractivity contribution in [3.8, 4) is 0 Å². The normalized spacial score (nSPS) is 21.9. The molecule has 2 saturated heterocycles. The summed E-state index contributed by atoms with van der Waals surface area (Å²) in [6, 6.07) is 0. The standard InChI is InChI=1S/C11H13NO6S.C11H13NO4S.2Ac.2Na/c1-5(2)7-9(14)12-8(11(15)16)6(3-13)4-19(17,18)10(7)12;1-5(2)7-9(14)12-8(11(15)16)6(3-13)4-17-10(7)12;;;;/h10,13H,3-4H2,1-2H3,(H,15,16);10,13H,3-4H2,1-2H3,(H,15,16);;;;/q;;;;2*+1/p-2. The van der Waals surface area contributed by atoms with Crippen LogP contribution in [0.2, 0.25) is 0 Å². The van der Waals surface area contributed by atoms with Gasteiger partial charge in [-0.15, -0.1) is 11.8 Å². The van der Waals surface area contributed by atoms with Gasteiger partial charge in [-0.05, 0) is 38.8 Å². The summed E-state index contributed by atoms with van der Waals surface area (Å²) in [4.78, 5) is 47.7. The van der Waals surface area contributed by atoms with Crippen LogP contribution in [0.5, 0.6) is 0 Å². The van der Waals surface area contributed by atoms with Crippen molar-refractivity contribution in [2.24, 2.45) is 0 Å². The Bertz CT molecular complexity index is 1320. The van der Waals surface area contributed by atoms with Crippen molar-refractivity contribution in [2.75, 3.05) is 24.7 Å². The van der Waals surface area contributed by atoms with Crippen LogP contribution in [0.25, 0.3) is 0 Å². The van der Waals surface area contributed by atoms with E-state index in [4.69, 9.17) is 10.2 Å². The van der Waals surface area contributed by atoms with E-state index in [2.05, 4.69) is 0 Å². The molecule has 0 saturated carbocycles. The van der Waals surface area contributed by atoms with Gasteiger partial charge in [0.2, 0.25) is 0 Å². The molecule has 4 aliphatic heterocycles. The van der Waals surface area contributed by atoms with Crippen LogP contribution >= 0.6 is 11.8 Å². The third kappa shape index (κ3) is 8.20. The van der Waals surface area contributed by atoms with Gasteiger partial charge < -0.3 is 30.0 Å². The van der Waals surface area contributed by atoms with Gasteiger partial charge in [-0.25, -0.2) is 8.42 Å². The maximum Gasteiger partial charge on any atom is 1.00 e. The number of carboxylic acid groups (broad SMARTS) is 2. The minimum Gasteiger partial charge on any atom is -0.543 e. The van der Waals surface area contributed by atoms with Gasteiger partial charge >= 0.3 is 59.1 Å². The van der Waals surface area contributed by atoms with Gasteiger partial charge in [0, 0.05) is 99.5 Å². The van der Waals surface area contributed by atoms with Gasteiger partial charge in [0.25, 0.3) is 11.8 Å². The van der Waals surface area contributed by atoms with Crippen LogP contribution in [-0.2, 0) is 29.0 Å². The number of nitrogens with zero attached hydrogens (tertiary/aromatic N) is 2. The summed E-state index contributed by atoms with van der Waals surface area (Å²) < 4.78 is 24.1. The fourth-order valence-corrected chi connectivity index (χ4v) is 7.90. The molecule has 2 fully saturated rings. The molecule has 2 N–H and O–H groups in total. The molecule has 0 spiro atoms. The number of amides is 2. The van der Waals surface area contributed by atoms with Crippen LogP contribution in [0.3, 0.4) is 0 Å². The third-order valence-electron chi connectivity index (χ3n) is 5.99. The number of fused-ring (bicyclic) bond motifs is 2. The third-order valence-corrected chi connectivity index (χ3v) is 9.14. The monoisotopic (exact) mass is 1040 g/mol. The first-order valence-corrected chi connectivity index (χ1v) is 13.4. The second-order valence-electron chi connectivity index (χ2n) is 8.80. The molecule has 2 unspecified atom stereocenters. The average molecular weight is 1040 g/mol. The molecular weight excluding hydrogens is 1020 g/mol. The Labute approximate surface area is 352 Å². The molecular formula is C22H24Ac2N2Na2O10S2. The fourth-order valence-electron chi connectivity index (χ4n) is 4.37. The van der Waals surface area contributed by atoms with E-state index in [1.807, 2.05) is 13.8 Å². The number of aliphatic hydroxyl groups is 2. The maximum atomic E-state index is 12.1. The molecule has 0 aromatic carbocycles. The van der Waals surface area contributed by atoms with E-state index in [0.29, 0.717) is 27.4 Å². The molecule has 0 bridgehead atoms. The Balaban J connectivity index is 0. The molecule has 4 rings (SSSR count). The van der Waals surface area contributed by atoms with Crippen LogP contribution in [0.15, 0.2) is 44.8 Å².